The standard InChI is InChI=1S/C63H108O6/c1-4-7-10-13-16-19-22-25-27-29-31-33-35-38-40-43-46-49-52-55-61(64)67-58-60(69-63(66)57-54-51-48-45-42-37-24-21-18-15-12-9-6-3)59-68-62(65)56-53-50-47-44-41-39-36-34-32-30-28-26-23-20-17-14-11-8-5-2/h7,10,16,19,21,24-28,31,33,38,40,60H,4-6,8-9,11-15,17-18,20,22-23,29-30,32,34-37,39,41-59H2,1-3H3/b10-7-,19-16-,24-21-,27-25-,28-26-,33-31-,40-38-/t60-/m1/s1. The first-order valence-electron chi connectivity index (χ1n) is 29.1. The van der Waals surface area contributed by atoms with Crippen molar-refractivity contribution < 1.29 is 28.6 Å². The topological polar surface area (TPSA) is 78.9 Å². The first kappa shape index (κ1) is 65.6. The largest absolute Gasteiger partial charge is 0.462 e. The maximum Gasteiger partial charge on any atom is 0.306 e. The van der Waals surface area contributed by atoms with Gasteiger partial charge in [-0.1, -0.05) is 228 Å². The SMILES string of the molecule is CC/C=C\C/C=C\C/C=C\C/C=C\C/C=C\CCCCCC(=O)OC[C@H](COC(=O)CCCCCCCCCCC/C=C\CCCCCCCC)OC(=O)CCCCCCC/C=C\CCCCCC. The van der Waals surface area contributed by atoms with E-state index >= 15 is 0 Å². The number of hydrogen-bond acceptors (Lipinski definition) is 6. The van der Waals surface area contributed by atoms with Gasteiger partial charge < -0.3 is 14.2 Å². The van der Waals surface area contributed by atoms with Crippen LogP contribution in [0.2, 0.25) is 0 Å². The molecule has 0 aliphatic heterocycles. The van der Waals surface area contributed by atoms with Gasteiger partial charge in [0.1, 0.15) is 13.2 Å². The summed E-state index contributed by atoms with van der Waals surface area (Å²) in [5, 5.41) is 0. The molecule has 0 aromatic rings. The molecule has 0 saturated heterocycles. The number of rotatable bonds is 52. The normalized spacial score (nSPS) is 12.7. The smallest absolute Gasteiger partial charge is 0.306 e. The van der Waals surface area contributed by atoms with Gasteiger partial charge in [0.15, 0.2) is 6.10 Å². The fourth-order valence-electron chi connectivity index (χ4n) is 7.99. The van der Waals surface area contributed by atoms with Gasteiger partial charge in [-0.3, -0.25) is 14.4 Å². The molecule has 0 unspecified atom stereocenters. The summed E-state index contributed by atoms with van der Waals surface area (Å²) < 4.78 is 16.8. The van der Waals surface area contributed by atoms with Crippen LogP contribution >= 0.6 is 0 Å². The van der Waals surface area contributed by atoms with Crippen molar-refractivity contribution in [3.05, 3.63) is 85.1 Å². The van der Waals surface area contributed by atoms with Crippen LogP contribution in [0.4, 0.5) is 0 Å². The van der Waals surface area contributed by atoms with Crippen LogP contribution in [-0.2, 0) is 28.6 Å². The van der Waals surface area contributed by atoms with Gasteiger partial charge in [0, 0.05) is 19.3 Å². The number of carbonyl (C=O) groups is 3. The monoisotopic (exact) mass is 961 g/mol. The van der Waals surface area contributed by atoms with Gasteiger partial charge in [-0.2, -0.15) is 0 Å². The Morgan fingerprint density at radius 1 is 0.304 bits per heavy atom. The Morgan fingerprint density at radius 3 is 0.928 bits per heavy atom. The second-order valence-corrected chi connectivity index (χ2v) is 19.2. The van der Waals surface area contributed by atoms with Crippen LogP contribution in [0.15, 0.2) is 85.1 Å². The summed E-state index contributed by atoms with van der Waals surface area (Å²) in [6, 6.07) is 0. The molecule has 0 heterocycles. The molecule has 69 heavy (non-hydrogen) atoms. The van der Waals surface area contributed by atoms with Gasteiger partial charge in [-0.15, -0.1) is 0 Å². The van der Waals surface area contributed by atoms with E-state index in [-0.39, 0.29) is 31.1 Å². The summed E-state index contributed by atoms with van der Waals surface area (Å²) in [7, 11) is 0. The average Bonchev–Trinajstić information content (AvgIpc) is 3.35. The summed E-state index contributed by atoms with van der Waals surface area (Å²) in [6.07, 6.45) is 74.3. The van der Waals surface area contributed by atoms with E-state index in [1.807, 2.05) is 0 Å². The molecule has 0 aromatic heterocycles. The van der Waals surface area contributed by atoms with Gasteiger partial charge in [-0.25, -0.2) is 0 Å². The molecule has 0 amide bonds. The van der Waals surface area contributed by atoms with E-state index in [4.69, 9.17) is 14.2 Å². The minimum absolute atomic E-state index is 0.0911. The predicted molar refractivity (Wildman–Crippen MR) is 297 cm³/mol. The molecule has 6 heteroatoms. The van der Waals surface area contributed by atoms with Crippen LogP contribution in [0.5, 0.6) is 0 Å². The minimum Gasteiger partial charge on any atom is -0.462 e. The zero-order valence-corrected chi connectivity index (χ0v) is 45.3. The molecule has 6 nitrogen and oxygen atoms in total. The zero-order chi connectivity index (χ0) is 50.0. The maximum absolute atomic E-state index is 12.8. The molecule has 0 N–H and O–H groups in total. The Labute approximate surface area is 426 Å². The Bertz CT molecular complexity index is 1330. The first-order valence-corrected chi connectivity index (χ1v) is 29.1. The Morgan fingerprint density at radius 2 is 0.565 bits per heavy atom. The number of ether oxygens (including phenoxy) is 3. The van der Waals surface area contributed by atoms with Crippen molar-refractivity contribution in [1.29, 1.82) is 0 Å². The summed E-state index contributed by atoms with van der Waals surface area (Å²) in [5.41, 5.74) is 0. The fourth-order valence-corrected chi connectivity index (χ4v) is 7.99. The van der Waals surface area contributed by atoms with E-state index in [2.05, 4.69) is 106 Å². The molecule has 0 saturated carbocycles. The van der Waals surface area contributed by atoms with E-state index in [0.29, 0.717) is 19.3 Å². The van der Waals surface area contributed by atoms with Crippen LogP contribution < -0.4 is 0 Å². The molecule has 0 fully saturated rings. The molecule has 0 bridgehead atoms. The lowest BCUT2D eigenvalue weighted by Gasteiger charge is -2.18. The highest BCUT2D eigenvalue weighted by Crippen LogP contribution is 2.15. The Hall–Kier alpha value is -3.41. The molecule has 396 valence electrons. The van der Waals surface area contributed by atoms with Crippen LogP contribution in [0.3, 0.4) is 0 Å². The molecule has 0 spiro atoms. The molecule has 0 rings (SSSR count). The van der Waals surface area contributed by atoms with Crippen molar-refractivity contribution in [2.75, 3.05) is 13.2 Å². The zero-order valence-electron chi connectivity index (χ0n) is 45.3. The van der Waals surface area contributed by atoms with Gasteiger partial charge in [-0.05, 0) is 116 Å². The summed E-state index contributed by atoms with van der Waals surface area (Å²) in [4.78, 5) is 38.2. The lowest BCUT2D eigenvalue weighted by molar-refractivity contribution is -0.167. The van der Waals surface area contributed by atoms with Crippen LogP contribution in [-0.4, -0.2) is 37.2 Å². The first-order chi connectivity index (χ1) is 34.0. The van der Waals surface area contributed by atoms with Crippen molar-refractivity contribution in [3.63, 3.8) is 0 Å². The molecule has 0 radical (unpaired) electrons. The fraction of sp³-hybridized carbons (Fsp3) is 0.730. The third-order valence-corrected chi connectivity index (χ3v) is 12.4. The quantitative estimate of drug-likeness (QED) is 0.0262. The van der Waals surface area contributed by atoms with Gasteiger partial charge in [0.2, 0.25) is 0 Å². The van der Waals surface area contributed by atoms with Gasteiger partial charge >= 0.3 is 17.9 Å². The molecule has 1 atom stereocenters. The molecular formula is C63H108O6. The van der Waals surface area contributed by atoms with E-state index in [1.54, 1.807) is 0 Å². The molecular weight excluding hydrogens is 853 g/mol. The van der Waals surface area contributed by atoms with E-state index < -0.39 is 6.10 Å². The molecule has 0 aliphatic carbocycles. The number of carbonyl (C=O) groups excluding carboxylic acids is 3. The van der Waals surface area contributed by atoms with Gasteiger partial charge in [0.25, 0.3) is 0 Å². The van der Waals surface area contributed by atoms with E-state index in [0.717, 1.165) is 109 Å². The van der Waals surface area contributed by atoms with Crippen molar-refractivity contribution in [1.82, 2.24) is 0 Å². The maximum atomic E-state index is 12.8. The summed E-state index contributed by atoms with van der Waals surface area (Å²) >= 11 is 0. The lowest BCUT2D eigenvalue weighted by Crippen LogP contribution is -2.30. The summed E-state index contributed by atoms with van der Waals surface area (Å²) in [6.45, 7) is 6.48. The lowest BCUT2D eigenvalue weighted by atomic mass is 10.1. The van der Waals surface area contributed by atoms with Crippen molar-refractivity contribution in [2.45, 2.75) is 284 Å². The third kappa shape index (κ3) is 55.4. The Balaban J connectivity index is 4.41. The predicted octanol–water partition coefficient (Wildman–Crippen LogP) is 19.5. The third-order valence-electron chi connectivity index (χ3n) is 12.4. The highest BCUT2D eigenvalue weighted by atomic mass is 16.6. The van der Waals surface area contributed by atoms with Crippen LogP contribution in [0.1, 0.15) is 278 Å². The highest BCUT2D eigenvalue weighted by Gasteiger charge is 2.19. The van der Waals surface area contributed by atoms with Crippen molar-refractivity contribution in [2.24, 2.45) is 0 Å². The van der Waals surface area contributed by atoms with E-state index in [9.17, 15) is 14.4 Å². The molecule has 0 aromatic carbocycles. The molecule has 0 aliphatic rings. The van der Waals surface area contributed by atoms with Crippen LogP contribution in [0, 0.1) is 0 Å². The highest BCUT2D eigenvalue weighted by molar-refractivity contribution is 5.71. The van der Waals surface area contributed by atoms with Crippen molar-refractivity contribution in [3.8, 4) is 0 Å². The summed E-state index contributed by atoms with van der Waals surface area (Å²) in [5.74, 6) is -0.930. The number of hydrogen-bond donors (Lipinski definition) is 0. The van der Waals surface area contributed by atoms with Crippen LogP contribution in [0.25, 0.3) is 0 Å². The number of unbranched alkanes of at least 4 members (excludes halogenated alkanes) is 27. The van der Waals surface area contributed by atoms with E-state index in [1.165, 1.54) is 128 Å². The van der Waals surface area contributed by atoms with Crippen molar-refractivity contribution >= 4 is 17.9 Å². The minimum atomic E-state index is -0.796. The number of esters is 3. The Kier molecular flexibility index (Phi) is 54.3. The second-order valence-electron chi connectivity index (χ2n) is 19.2. The number of allylic oxidation sites excluding steroid dienone is 14. The van der Waals surface area contributed by atoms with Gasteiger partial charge in [0.05, 0.1) is 0 Å². The second kappa shape index (κ2) is 57.2. The average molecular weight is 962 g/mol.